The molecule has 1 aliphatic heterocycles. The van der Waals surface area contributed by atoms with Crippen molar-refractivity contribution in [3.05, 3.63) is 71.1 Å². The van der Waals surface area contributed by atoms with Crippen molar-refractivity contribution in [3.8, 4) is 5.75 Å². The van der Waals surface area contributed by atoms with Gasteiger partial charge in [0.1, 0.15) is 11.6 Å². The van der Waals surface area contributed by atoms with Gasteiger partial charge in [-0.2, -0.15) is 0 Å². The Labute approximate surface area is 174 Å². The molecule has 2 aromatic carbocycles. The molecule has 0 spiro atoms. The highest BCUT2D eigenvalue weighted by molar-refractivity contribution is 7.71. The Morgan fingerprint density at radius 1 is 1.07 bits per heavy atom. The molecule has 0 aliphatic carbocycles. The second-order valence-corrected chi connectivity index (χ2v) is 7.35. The zero-order chi connectivity index (χ0) is 20.2. The lowest BCUT2D eigenvalue weighted by Crippen LogP contribution is -2.46. The van der Waals surface area contributed by atoms with Crippen molar-refractivity contribution in [1.82, 2.24) is 14.7 Å². The normalized spacial score (nSPS) is 16.0. The maximum atomic E-state index is 13.0. The second-order valence-electron chi connectivity index (χ2n) is 7.00. The van der Waals surface area contributed by atoms with Gasteiger partial charge in [-0.25, -0.2) is 9.07 Å². The predicted octanol–water partition coefficient (Wildman–Crippen LogP) is 4.26. The summed E-state index contributed by atoms with van der Waals surface area (Å²) in [7, 11) is 0. The van der Waals surface area contributed by atoms with Gasteiger partial charge in [-0.15, -0.1) is 5.10 Å². The van der Waals surface area contributed by atoms with E-state index in [9.17, 15) is 4.39 Å². The molecule has 152 valence electrons. The van der Waals surface area contributed by atoms with E-state index in [2.05, 4.69) is 39.2 Å². The van der Waals surface area contributed by atoms with E-state index in [0.717, 1.165) is 26.2 Å². The van der Waals surface area contributed by atoms with Crippen LogP contribution in [-0.2, 0) is 6.67 Å². The minimum absolute atomic E-state index is 0.306. The summed E-state index contributed by atoms with van der Waals surface area (Å²) in [5.74, 6) is 0.646. The first-order chi connectivity index (χ1) is 14.1. The van der Waals surface area contributed by atoms with E-state index in [1.807, 2.05) is 13.0 Å². The molecule has 6 nitrogen and oxygen atoms in total. The fraction of sp³-hybridized carbons (Fsp3) is 0.333. The van der Waals surface area contributed by atoms with Crippen LogP contribution >= 0.6 is 12.2 Å². The van der Waals surface area contributed by atoms with E-state index < -0.39 is 6.10 Å². The highest BCUT2D eigenvalue weighted by Crippen LogP contribution is 2.21. The molecule has 0 saturated carbocycles. The Bertz CT molecular complexity index is 982. The molecule has 0 radical (unpaired) electrons. The maximum absolute atomic E-state index is 13.0. The minimum atomic E-state index is -0.432. The quantitative estimate of drug-likeness (QED) is 0.562. The summed E-state index contributed by atoms with van der Waals surface area (Å²) in [6, 6.07) is 16.3. The van der Waals surface area contributed by atoms with Gasteiger partial charge in [0.15, 0.2) is 6.10 Å². The second kappa shape index (κ2) is 8.75. The summed E-state index contributed by atoms with van der Waals surface area (Å²) in [6.07, 6.45) is -0.432. The molecule has 8 heteroatoms. The molecule has 1 fully saturated rings. The Morgan fingerprint density at radius 2 is 1.76 bits per heavy atom. The van der Waals surface area contributed by atoms with Crippen molar-refractivity contribution in [2.45, 2.75) is 19.7 Å². The molecule has 4 rings (SSSR count). The lowest BCUT2D eigenvalue weighted by molar-refractivity contribution is 0.185. The average Bonchev–Trinajstić information content (AvgIpc) is 3.11. The molecular formula is C21H23FN4O2S. The Balaban J connectivity index is 1.35. The van der Waals surface area contributed by atoms with E-state index in [4.69, 9.17) is 21.4 Å². The van der Waals surface area contributed by atoms with Crippen molar-refractivity contribution >= 4 is 17.9 Å². The van der Waals surface area contributed by atoms with Gasteiger partial charge in [0.2, 0.25) is 0 Å². The summed E-state index contributed by atoms with van der Waals surface area (Å²) >= 11 is 5.33. The molecule has 0 N–H and O–H groups in total. The maximum Gasteiger partial charge on any atom is 0.288 e. The molecule has 1 saturated heterocycles. The number of aromatic nitrogens is 2. The van der Waals surface area contributed by atoms with Crippen LogP contribution in [0, 0.1) is 10.7 Å². The van der Waals surface area contributed by atoms with Gasteiger partial charge in [0.05, 0.1) is 6.67 Å². The number of ether oxygens (including phenoxy) is 1. The fourth-order valence-electron chi connectivity index (χ4n) is 3.32. The number of para-hydroxylation sites is 1. The number of hydrogen-bond donors (Lipinski definition) is 0. The number of halogens is 1. The molecular weight excluding hydrogens is 391 g/mol. The molecule has 0 amide bonds. The van der Waals surface area contributed by atoms with E-state index in [-0.39, 0.29) is 5.82 Å². The molecule has 0 unspecified atom stereocenters. The standard InChI is InChI=1S/C21H23FN4O2S/c1-16(27-19-9-7-17(22)8-10-19)20-23-26(21(29)28-20)15-24-11-13-25(14-12-24)18-5-3-2-4-6-18/h2-10,16H,11-15H2,1H3/t16-/m0/s1. The number of hydrogen-bond acceptors (Lipinski definition) is 6. The molecule has 2 heterocycles. The van der Waals surface area contributed by atoms with Crippen molar-refractivity contribution in [2.75, 3.05) is 31.1 Å². The third-order valence-electron chi connectivity index (χ3n) is 4.92. The minimum Gasteiger partial charge on any atom is -0.481 e. The van der Waals surface area contributed by atoms with E-state index in [1.165, 1.54) is 17.8 Å². The van der Waals surface area contributed by atoms with Gasteiger partial charge < -0.3 is 14.1 Å². The Morgan fingerprint density at radius 3 is 2.45 bits per heavy atom. The van der Waals surface area contributed by atoms with Gasteiger partial charge in [-0.05, 0) is 55.5 Å². The Hall–Kier alpha value is -2.71. The summed E-state index contributed by atoms with van der Waals surface area (Å²) in [5, 5.41) is 4.49. The number of benzene rings is 2. The van der Waals surface area contributed by atoms with E-state index >= 15 is 0 Å². The van der Waals surface area contributed by atoms with Crippen molar-refractivity contribution in [2.24, 2.45) is 0 Å². The molecule has 1 aliphatic rings. The number of nitrogens with zero attached hydrogens (tertiary/aromatic N) is 4. The summed E-state index contributed by atoms with van der Waals surface area (Å²) in [6.45, 7) is 6.14. The van der Waals surface area contributed by atoms with Crippen LogP contribution < -0.4 is 9.64 Å². The van der Waals surface area contributed by atoms with E-state index in [0.29, 0.717) is 23.1 Å². The van der Waals surface area contributed by atoms with Crippen LogP contribution in [0.2, 0.25) is 0 Å². The first-order valence-electron chi connectivity index (χ1n) is 9.61. The average molecular weight is 415 g/mol. The van der Waals surface area contributed by atoms with Gasteiger partial charge in [0.25, 0.3) is 10.7 Å². The third-order valence-corrected chi connectivity index (χ3v) is 5.22. The topological polar surface area (TPSA) is 46.7 Å². The lowest BCUT2D eigenvalue weighted by Gasteiger charge is -2.35. The first kappa shape index (κ1) is 19.6. The monoisotopic (exact) mass is 414 g/mol. The number of piperazine rings is 1. The zero-order valence-corrected chi connectivity index (χ0v) is 17.0. The molecule has 1 atom stereocenters. The van der Waals surface area contributed by atoms with Crippen LogP contribution in [0.4, 0.5) is 10.1 Å². The first-order valence-corrected chi connectivity index (χ1v) is 10.0. The third kappa shape index (κ3) is 4.83. The molecule has 0 bridgehead atoms. The van der Waals surface area contributed by atoms with Gasteiger partial charge in [0, 0.05) is 31.9 Å². The van der Waals surface area contributed by atoms with E-state index in [1.54, 1.807) is 16.8 Å². The van der Waals surface area contributed by atoms with Crippen LogP contribution in [0.3, 0.4) is 0 Å². The number of anilines is 1. The lowest BCUT2D eigenvalue weighted by atomic mass is 10.2. The molecule has 29 heavy (non-hydrogen) atoms. The van der Waals surface area contributed by atoms with Gasteiger partial charge >= 0.3 is 0 Å². The van der Waals surface area contributed by atoms with Crippen molar-refractivity contribution in [1.29, 1.82) is 0 Å². The van der Waals surface area contributed by atoms with Crippen molar-refractivity contribution < 1.29 is 13.5 Å². The smallest absolute Gasteiger partial charge is 0.288 e. The summed E-state index contributed by atoms with van der Waals surface area (Å²) in [4.78, 5) is 5.00. The highest BCUT2D eigenvalue weighted by Gasteiger charge is 2.20. The van der Waals surface area contributed by atoms with Crippen LogP contribution in [0.25, 0.3) is 0 Å². The van der Waals surface area contributed by atoms with Crippen LogP contribution in [0.1, 0.15) is 18.9 Å². The summed E-state index contributed by atoms with van der Waals surface area (Å²) < 4.78 is 26.1. The van der Waals surface area contributed by atoms with Crippen molar-refractivity contribution in [3.63, 3.8) is 0 Å². The van der Waals surface area contributed by atoms with Gasteiger partial charge in [-0.1, -0.05) is 18.2 Å². The predicted molar refractivity (Wildman–Crippen MR) is 111 cm³/mol. The SMILES string of the molecule is C[C@H](Oc1ccc(F)cc1)c1nn(CN2CCN(c3ccccc3)CC2)c(=S)o1. The Kier molecular flexibility index (Phi) is 5.92. The van der Waals surface area contributed by atoms with Crippen LogP contribution in [-0.4, -0.2) is 40.9 Å². The largest absolute Gasteiger partial charge is 0.481 e. The zero-order valence-electron chi connectivity index (χ0n) is 16.2. The van der Waals surface area contributed by atoms with Crippen LogP contribution in [0.15, 0.2) is 59.0 Å². The fourth-order valence-corrected chi connectivity index (χ4v) is 3.50. The molecule has 3 aromatic rings. The molecule has 1 aromatic heterocycles. The highest BCUT2D eigenvalue weighted by atomic mass is 32.1. The summed E-state index contributed by atoms with van der Waals surface area (Å²) in [5.41, 5.74) is 1.25. The van der Waals surface area contributed by atoms with Gasteiger partial charge in [-0.3, -0.25) is 4.90 Å². The number of rotatable bonds is 6. The van der Waals surface area contributed by atoms with Crippen LogP contribution in [0.5, 0.6) is 5.75 Å².